The third-order valence-electron chi connectivity index (χ3n) is 1.86. The van der Waals surface area contributed by atoms with Gasteiger partial charge in [-0.25, -0.2) is 0 Å². The van der Waals surface area contributed by atoms with E-state index in [0.717, 1.165) is 0 Å². The second-order valence-corrected chi connectivity index (χ2v) is 3.80. The average molecular weight is 304 g/mol. The lowest BCUT2D eigenvalue weighted by Crippen LogP contribution is -2.02. The molecule has 0 amide bonds. The zero-order valence-electron chi connectivity index (χ0n) is 7.83. The highest BCUT2D eigenvalue weighted by molar-refractivity contribution is 14.1. The number of carbonyl (C=O) groups is 2. The van der Waals surface area contributed by atoms with E-state index in [-0.39, 0.29) is 5.78 Å². The van der Waals surface area contributed by atoms with Gasteiger partial charge in [0.2, 0.25) is 0 Å². The number of benzene rings is 1. The van der Waals surface area contributed by atoms with Gasteiger partial charge in [-0.1, -0.05) is 0 Å². The van der Waals surface area contributed by atoms with Crippen molar-refractivity contribution in [3.8, 4) is 5.75 Å². The molecule has 1 aromatic rings. The zero-order valence-corrected chi connectivity index (χ0v) is 9.99. The van der Waals surface area contributed by atoms with Crippen molar-refractivity contribution >= 4 is 34.7 Å². The highest BCUT2D eigenvalue weighted by Crippen LogP contribution is 2.25. The van der Waals surface area contributed by atoms with Crippen molar-refractivity contribution in [3.63, 3.8) is 0 Å². The number of hydrogen-bond acceptors (Lipinski definition) is 3. The average Bonchev–Trinajstić information content (AvgIpc) is 2.16. The molecule has 0 aliphatic heterocycles. The molecule has 1 rings (SSSR count). The van der Waals surface area contributed by atoms with Crippen molar-refractivity contribution in [2.24, 2.45) is 0 Å². The normalized spacial score (nSPS) is 9.64. The quantitative estimate of drug-likeness (QED) is 0.489. The van der Waals surface area contributed by atoms with Crippen LogP contribution in [0.3, 0.4) is 0 Å². The van der Waals surface area contributed by atoms with E-state index in [1.165, 1.54) is 14.0 Å². The van der Waals surface area contributed by atoms with Crippen molar-refractivity contribution in [1.82, 2.24) is 0 Å². The number of Topliss-reactive ketones (excluding diaryl/α,β-unsaturated/α-hetero) is 1. The van der Waals surface area contributed by atoms with Crippen LogP contribution in [0.25, 0.3) is 0 Å². The first-order chi connectivity index (χ1) is 6.61. The van der Waals surface area contributed by atoms with Crippen LogP contribution >= 0.6 is 22.6 Å². The molecule has 0 aliphatic carbocycles. The molecular formula is C10H9IO3. The molecule has 0 N–H and O–H groups in total. The summed E-state index contributed by atoms with van der Waals surface area (Å²) in [6, 6.07) is 3.29. The number of methoxy groups -OCH3 is 1. The third kappa shape index (κ3) is 1.95. The van der Waals surface area contributed by atoms with Crippen LogP contribution in [-0.4, -0.2) is 19.2 Å². The molecule has 0 fully saturated rings. The first kappa shape index (κ1) is 11.2. The van der Waals surface area contributed by atoms with Crippen molar-refractivity contribution in [1.29, 1.82) is 0 Å². The predicted octanol–water partition coefficient (Wildman–Crippen LogP) is 2.31. The Labute approximate surface area is 95.6 Å². The second-order valence-electron chi connectivity index (χ2n) is 2.72. The van der Waals surface area contributed by atoms with Gasteiger partial charge in [-0.05, 0) is 41.6 Å². The van der Waals surface area contributed by atoms with Crippen LogP contribution in [0.15, 0.2) is 12.1 Å². The molecule has 0 aliphatic rings. The van der Waals surface area contributed by atoms with Crippen LogP contribution < -0.4 is 4.74 Å². The second kappa shape index (κ2) is 4.54. The Morgan fingerprint density at radius 2 is 2.14 bits per heavy atom. The van der Waals surface area contributed by atoms with Crippen molar-refractivity contribution in [3.05, 3.63) is 26.8 Å². The van der Waals surface area contributed by atoms with Crippen molar-refractivity contribution in [2.45, 2.75) is 6.92 Å². The fraction of sp³-hybridized carbons (Fsp3) is 0.200. The van der Waals surface area contributed by atoms with Crippen LogP contribution in [-0.2, 0) is 0 Å². The molecule has 0 bridgehead atoms. The van der Waals surface area contributed by atoms with E-state index in [1.807, 2.05) is 22.6 Å². The number of aldehydes is 1. The van der Waals surface area contributed by atoms with Gasteiger partial charge in [0.15, 0.2) is 12.1 Å². The van der Waals surface area contributed by atoms with Crippen LogP contribution in [0.4, 0.5) is 0 Å². The molecule has 1 aromatic carbocycles. The van der Waals surface area contributed by atoms with Gasteiger partial charge >= 0.3 is 0 Å². The van der Waals surface area contributed by atoms with E-state index in [0.29, 0.717) is 26.7 Å². The number of hydrogen-bond donors (Lipinski definition) is 0. The monoisotopic (exact) mass is 304 g/mol. The molecule has 0 saturated heterocycles. The molecule has 4 heteroatoms. The molecule has 0 atom stereocenters. The fourth-order valence-electron chi connectivity index (χ4n) is 1.13. The Bertz CT molecular complexity index is 385. The minimum absolute atomic E-state index is 0.0554. The maximum atomic E-state index is 11.2. The van der Waals surface area contributed by atoms with Gasteiger partial charge in [0.05, 0.1) is 12.7 Å². The summed E-state index contributed by atoms with van der Waals surface area (Å²) in [6.45, 7) is 1.47. The molecule has 74 valence electrons. The van der Waals surface area contributed by atoms with E-state index in [4.69, 9.17) is 4.74 Å². The highest BCUT2D eigenvalue weighted by Gasteiger charge is 2.13. The summed E-state index contributed by atoms with van der Waals surface area (Å²) in [5.74, 6) is 0.439. The molecule has 3 nitrogen and oxygen atoms in total. The summed E-state index contributed by atoms with van der Waals surface area (Å²) >= 11 is 1.97. The van der Waals surface area contributed by atoms with Crippen LogP contribution in [0.1, 0.15) is 27.6 Å². The standard InChI is InChI=1S/C10H9IO3/c1-6(13)7-3-4-9(14-2)8(5-12)10(7)11/h3-5H,1-2H3. The largest absolute Gasteiger partial charge is 0.496 e. The Morgan fingerprint density at radius 3 is 2.57 bits per heavy atom. The summed E-state index contributed by atoms with van der Waals surface area (Å²) in [4.78, 5) is 22.0. The summed E-state index contributed by atoms with van der Waals surface area (Å²) in [7, 11) is 1.49. The molecular weight excluding hydrogens is 295 g/mol. The summed E-state index contributed by atoms with van der Waals surface area (Å²) in [6.07, 6.45) is 0.701. The lowest BCUT2D eigenvalue weighted by Gasteiger charge is -2.07. The minimum atomic E-state index is -0.0554. The van der Waals surface area contributed by atoms with Crippen molar-refractivity contribution < 1.29 is 14.3 Å². The number of halogens is 1. The number of rotatable bonds is 3. The smallest absolute Gasteiger partial charge is 0.160 e. The molecule has 0 aromatic heterocycles. The Balaban J connectivity index is 3.42. The van der Waals surface area contributed by atoms with E-state index in [2.05, 4.69) is 0 Å². The number of ketones is 1. The summed E-state index contributed by atoms with van der Waals surface area (Å²) < 4.78 is 5.65. The van der Waals surface area contributed by atoms with Crippen LogP contribution in [0.2, 0.25) is 0 Å². The van der Waals surface area contributed by atoms with Gasteiger partial charge in [-0.3, -0.25) is 9.59 Å². The molecule has 0 radical (unpaired) electrons. The lowest BCUT2D eigenvalue weighted by atomic mass is 10.1. The molecule has 0 unspecified atom stereocenters. The van der Waals surface area contributed by atoms with Gasteiger partial charge in [0.1, 0.15) is 5.75 Å². The Morgan fingerprint density at radius 1 is 1.50 bits per heavy atom. The van der Waals surface area contributed by atoms with Crippen molar-refractivity contribution in [2.75, 3.05) is 7.11 Å². The highest BCUT2D eigenvalue weighted by atomic mass is 127. The third-order valence-corrected chi connectivity index (χ3v) is 3.02. The minimum Gasteiger partial charge on any atom is -0.496 e. The van der Waals surface area contributed by atoms with Gasteiger partial charge in [-0.15, -0.1) is 0 Å². The van der Waals surface area contributed by atoms with E-state index in [1.54, 1.807) is 12.1 Å². The number of carbonyl (C=O) groups excluding carboxylic acids is 2. The number of ether oxygens (including phenoxy) is 1. The Hall–Kier alpha value is -0.910. The first-order valence-corrected chi connectivity index (χ1v) is 5.02. The zero-order chi connectivity index (χ0) is 10.7. The topological polar surface area (TPSA) is 43.4 Å². The van der Waals surface area contributed by atoms with Crippen LogP contribution in [0, 0.1) is 3.57 Å². The van der Waals surface area contributed by atoms with E-state index < -0.39 is 0 Å². The SMILES string of the molecule is COc1ccc(C(C)=O)c(I)c1C=O. The maximum absolute atomic E-state index is 11.2. The van der Waals surface area contributed by atoms with Crippen LogP contribution in [0.5, 0.6) is 5.75 Å². The molecule has 14 heavy (non-hydrogen) atoms. The van der Waals surface area contributed by atoms with E-state index in [9.17, 15) is 9.59 Å². The van der Waals surface area contributed by atoms with Gasteiger partial charge in [0, 0.05) is 9.13 Å². The van der Waals surface area contributed by atoms with Gasteiger partial charge in [0.25, 0.3) is 0 Å². The molecule has 0 heterocycles. The lowest BCUT2D eigenvalue weighted by molar-refractivity contribution is 0.101. The Kier molecular flexibility index (Phi) is 3.62. The summed E-state index contributed by atoms with van der Waals surface area (Å²) in [5.41, 5.74) is 0.981. The molecule has 0 saturated carbocycles. The first-order valence-electron chi connectivity index (χ1n) is 3.94. The predicted molar refractivity (Wildman–Crippen MR) is 61.1 cm³/mol. The maximum Gasteiger partial charge on any atom is 0.160 e. The molecule has 0 spiro atoms. The fourth-order valence-corrected chi connectivity index (χ4v) is 2.09. The summed E-state index contributed by atoms with van der Waals surface area (Å²) in [5, 5.41) is 0. The van der Waals surface area contributed by atoms with Gasteiger partial charge < -0.3 is 4.74 Å². The van der Waals surface area contributed by atoms with E-state index >= 15 is 0 Å². The van der Waals surface area contributed by atoms with Gasteiger partial charge in [-0.2, -0.15) is 0 Å².